The molecule has 0 bridgehead atoms. The van der Waals surface area contributed by atoms with Gasteiger partial charge in [0.1, 0.15) is 18.1 Å². The molecule has 1 atom stereocenters. The number of nitrogens with zero attached hydrogens (tertiary/aromatic N) is 2. The van der Waals surface area contributed by atoms with Gasteiger partial charge < -0.3 is 14.4 Å². The van der Waals surface area contributed by atoms with Crippen molar-refractivity contribution in [3.8, 4) is 11.5 Å². The van der Waals surface area contributed by atoms with Gasteiger partial charge in [-0.25, -0.2) is 0 Å². The first kappa shape index (κ1) is 15.8. The molecule has 1 aliphatic heterocycles. The first-order chi connectivity index (χ1) is 11.6. The Bertz CT molecular complexity index is 763. The lowest BCUT2D eigenvalue weighted by atomic mass is 10.1. The summed E-state index contributed by atoms with van der Waals surface area (Å²) < 4.78 is 11.1. The highest BCUT2D eigenvalue weighted by Gasteiger charge is 2.32. The van der Waals surface area contributed by atoms with E-state index in [-0.39, 0.29) is 24.7 Å². The first-order valence-corrected chi connectivity index (χ1v) is 7.50. The van der Waals surface area contributed by atoms with Crippen molar-refractivity contribution in [3.63, 3.8) is 0 Å². The van der Waals surface area contributed by atoms with E-state index < -0.39 is 11.0 Å². The van der Waals surface area contributed by atoms with E-state index in [4.69, 9.17) is 9.47 Å². The van der Waals surface area contributed by atoms with E-state index in [1.165, 1.54) is 23.1 Å². The number of nitro benzene ring substituents is 1. The third-order valence-electron chi connectivity index (χ3n) is 3.69. The fourth-order valence-electron chi connectivity index (χ4n) is 2.51. The highest BCUT2D eigenvalue weighted by Crippen LogP contribution is 2.36. The van der Waals surface area contributed by atoms with Gasteiger partial charge in [0.05, 0.1) is 17.2 Å². The summed E-state index contributed by atoms with van der Waals surface area (Å²) in [4.78, 5) is 24.3. The van der Waals surface area contributed by atoms with Crippen LogP contribution in [0.15, 0.2) is 48.5 Å². The third kappa shape index (κ3) is 3.15. The monoisotopic (exact) mass is 328 g/mol. The van der Waals surface area contributed by atoms with Crippen LogP contribution in [0, 0.1) is 10.1 Å². The Balaban J connectivity index is 1.79. The maximum absolute atomic E-state index is 12.4. The Labute approximate surface area is 138 Å². The molecule has 7 nitrogen and oxygen atoms in total. The van der Waals surface area contributed by atoms with Crippen molar-refractivity contribution in [1.82, 2.24) is 0 Å². The quantitative estimate of drug-likeness (QED) is 0.622. The molecule has 24 heavy (non-hydrogen) atoms. The van der Waals surface area contributed by atoms with Crippen LogP contribution in [0.25, 0.3) is 0 Å². The lowest BCUT2D eigenvalue weighted by molar-refractivity contribution is -0.384. The van der Waals surface area contributed by atoms with Crippen LogP contribution in [-0.2, 0) is 4.79 Å². The molecular weight excluding hydrogens is 312 g/mol. The number of rotatable bonds is 5. The number of amides is 1. The van der Waals surface area contributed by atoms with Crippen molar-refractivity contribution in [2.45, 2.75) is 13.0 Å². The number of anilines is 1. The largest absolute Gasteiger partial charge is 0.492 e. The molecule has 0 saturated carbocycles. The predicted molar refractivity (Wildman–Crippen MR) is 87.5 cm³/mol. The number of hydrogen-bond donors (Lipinski definition) is 0. The van der Waals surface area contributed by atoms with Gasteiger partial charge in [-0.1, -0.05) is 18.2 Å². The van der Waals surface area contributed by atoms with Crippen LogP contribution in [0.5, 0.6) is 11.5 Å². The molecule has 1 amide bonds. The molecular formula is C17H16N2O5. The van der Waals surface area contributed by atoms with E-state index in [9.17, 15) is 14.9 Å². The Hall–Kier alpha value is -3.09. The zero-order valence-corrected chi connectivity index (χ0v) is 13.0. The normalized spacial score (nSPS) is 16.3. The second-order valence-electron chi connectivity index (χ2n) is 5.32. The molecule has 0 spiro atoms. The highest BCUT2D eigenvalue weighted by molar-refractivity contribution is 6.00. The topological polar surface area (TPSA) is 81.9 Å². The number of hydrogen-bond acceptors (Lipinski definition) is 5. The Morgan fingerprint density at radius 3 is 2.71 bits per heavy atom. The zero-order valence-electron chi connectivity index (χ0n) is 13.0. The Morgan fingerprint density at radius 1 is 1.25 bits per heavy atom. The number of benzene rings is 2. The van der Waals surface area contributed by atoms with E-state index in [2.05, 4.69) is 0 Å². The second-order valence-corrected chi connectivity index (χ2v) is 5.32. The van der Waals surface area contributed by atoms with Gasteiger partial charge in [-0.3, -0.25) is 14.9 Å². The number of carbonyl (C=O) groups is 1. The van der Waals surface area contributed by atoms with E-state index in [1.54, 1.807) is 6.92 Å². The van der Waals surface area contributed by atoms with Gasteiger partial charge in [0.15, 0.2) is 6.10 Å². The molecule has 1 unspecified atom stereocenters. The minimum absolute atomic E-state index is 0.0892. The van der Waals surface area contributed by atoms with Gasteiger partial charge in [-0.05, 0) is 25.1 Å². The summed E-state index contributed by atoms with van der Waals surface area (Å²) >= 11 is 0. The molecule has 0 aromatic heterocycles. The van der Waals surface area contributed by atoms with Gasteiger partial charge in [0, 0.05) is 12.1 Å². The van der Waals surface area contributed by atoms with Crippen LogP contribution in [0.4, 0.5) is 11.4 Å². The first-order valence-electron chi connectivity index (χ1n) is 7.50. The fourth-order valence-corrected chi connectivity index (χ4v) is 2.51. The average molecular weight is 328 g/mol. The number of ether oxygens (including phenoxy) is 2. The van der Waals surface area contributed by atoms with Gasteiger partial charge in [0.2, 0.25) is 0 Å². The smallest absolute Gasteiger partial charge is 0.271 e. The predicted octanol–water partition coefficient (Wildman–Crippen LogP) is 2.79. The van der Waals surface area contributed by atoms with Crippen LogP contribution in [0.2, 0.25) is 0 Å². The summed E-state index contributed by atoms with van der Waals surface area (Å²) in [7, 11) is 0. The van der Waals surface area contributed by atoms with E-state index in [0.29, 0.717) is 17.2 Å². The Morgan fingerprint density at radius 2 is 2.00 bits per heavy atom. The summed E-state index contributed by atoms with van der Waals surface area (Å²) in [6.07, 6.45) is -0.643. The van der Waals surface area contributed by atoms with Crippen molar-refractivity contribution in [3.05, 3.63) is 58.6 Å². The number of non-ortho nitro benzene ring substituents is 1. The van der Waals surface area contributed by atoms with Crippen LogP contribution in [-0.4, -0.2) is 30.1 Å². The zero-order chi connectivity index (χ0) is 17.1. The van der Waals surface area contributed by atoms with Crippen molar-refractivity contribution in [1.29, 1.82) is 0 Å². The molecule has 3 rings (SSSR count). The van der Waals surface area contributed by atoms with E-state index in [0.717, 1.165) is 0 Å². The van der Waals surface area contributed by atoms with E-state index in [1.807, 2.05) is 30.3 Å². The van der Waals surface area contributed by atoms with Crippen LogP contribution >= 0.6 is 0 Å². The Kier molecular flexibility index (Phi) is 4.33. The summed E-state index contributed by atoms with van der Waals surface area (Å²) in [6.45, 7) is 2.19. The van der Waals surface area contributed by atoms with Crippen LogP contribution in [0.1, 0.15) is 6.92 Å². The number of fused-ring (bicyclic) bond motifs is 1. The van der Waals surface area contributed by atoms with Crippen molar-refractivity contribution in [2.75, 3.05) is 18.1 Å². The third-order valence-corrected chi connectivity index (χ3v) is 3.69. The minimum Gasteiger partial charge on any atom is -0.492 e. The van der Waals surface area contributed by atoms with Gasteiger partial charge in [-0.15, -0.1) is 0 Å². The lowest BCUT2D eigenvalue weighted by Crippen LogP contribution is -2.46. The molecule has 0 radical (unpaired) electrons. The summed E-state index contributed by atoms with van der Waals surface area (Å²) in [5.74, 6) is 0.901. The molecule has 2 aromatic rings. The molecule has 7 heteroatoms. The number of carbonyl (C=O) groups excluding carboxylic acids is 1. The molecule has 0 saturated heterocycles. The number of nitro groups is 1. The highest BCUT2D eigenvalue weighted by atomic mass is 16.6. The summed E-state index contributed by atoms with van der Waals surface area (Å²) in [6, 6.07) is 13.5. The minimum atomic E-state index is -0.643. The summed E-state index contributed by atoms with van der Waals surface area (Å²) in [5.41, 5.74) is 0.303. The molecule has 1 heterocycles. The van der Waals surface area contributed by atoms with Gasteiger partial charge in [0.25, 0.3) is 11.6 Å². The maximum Gasteiger partial charge on any atom is 0.271 e. The molecule has 0 aliphatic carbocycles. The van der Waals surface area contributed by atoms with Crippen molar-refractivity contribution < 1.29 is 19.2 Å². The molecule has 1 aliphatic rings. The van der Waals surface area contributed by atoms with Crippen molar-refractivity contribution in [2.24, 2.45) is 0 Å². The lowest BCUT2D eigenvalue weighted by Gasteiger charge is -2.32. The molecule has 124 valence electrons. The average Bonchev–Trinajstić information content (AvgIpc) is 2.58. The SMILES string of the molecule is CC1Oc2ccc([N+](=O)[O-])cc2N(CCOc2ccccc2)C1=O. The number of para-hydroxylation sites is 1. The fraction of sp³-hybridized carbons (Fsp3) is 0.235. The maximum atomic E-state index is 12.4. The van der Waals surface area contributed by atoms with E-state index >= 15 is 0 Å². The second kappa shape index (κ2) is 6.57. The van der Waals surface area contributed by atoms with Crippen LogP contribution < -0.4 is 14.4 Å². The standard InChI is InChI=1S/C17H16N2O5/c1-12-17(20)18(9-10-23-14-5-3-2-4-6-14)15-11-13(19(21)22)7-8-16(15)24-12/h2-8,11-12H,9-10H2,1H3. The molecule has 0 fully saturated rings. The van der Waals surface area contributed by atoms with Gasteiger partial charge in [-0.2, -0.15) is 0 Å². The van der Waals surface area contributed by atoms with Crippen LogP contribution in [0.3, 0.4) is 0 Å². The molecule has 2 aromatic carbocycles. The summed E-state index contributed by atoms with van der Waals surface area (Å²) in [5, 5.41) is 11.0. The van der Waals surface area contributed by atoms with Gasteiger partial charge >= 0.3 is 0 Å². The van der Waals surface area contributed by atoms with Crippen molar-refractivity contribution >= 4 is 17.3 Å². The molecule has 0 N–H and O–H groups in total.